The van der Waals surface area contributed by atoms with Gasteiger partial charge >= 0.3 is 0 Å². The van der Waals surface area contributed by atoms with Crippen LogP contribution in [-0.4, -0.2) is 42.0 Å². The number of anilines is 1. The molecular formula is C15H23N3. The van der Waals surface area contributed by atoms with E-state index < -0.39 is 0 Å². The maximum Gasteiger partial charge on any atom is 0.0317 e. The van der Waals surface area contributed by atoms with E-state index in [1.54, 1.807) is 0 Å². The number of hydrogen-bond donors (Lipinski definition) is 1. The molecule has 1 aliphatic carbocycles. The highest BCUT2D eigenvalue weighted by Crippen LogP contribution is 2.31. The molecule has 0 aromatic heterocycles. The van der Waals surface area contributed by atoms with Gasteiger partial charge in [0.05, 0.1) is 0 Å². The van der Waals surface area contributed by atoms with Gasteiger partial charge in [-0.3, -0.25) is 9.80 Å². The minimum Gasteiger partial charge on any atom is -0.399 e. The zero-order chi connectivity index (χ0) is 12.5. The average molecular weight is 245 g/mol. The number of likely N-dealkylation sites (tertiary alicyclic amines) is 1. The Bertz CT molecular complexity index is 414. The monoisotopic (exact) mass is 245 g/mol. The van der Waals surface area contributed by atoms with Crippen molar-refractivity contribution in [3.63, 3.8) is 0 Å². The number of hydrogen-bond acceptors (Lipinski definition) is 3. The molecule has 18 heavy (non-hydrogen) atoms. The minimum atomic E-state index is 0.715. The standard InChI is InChI=1S/C15H23N3/c1-17(10-12-3-2-4-13(16)9-12)15-7-8-18(11-15)14-5-6-14/h2-4,9,14-15H,5-8,10-11,16H2,1H3. The molecule has 1 aliphatic heterocycles. The second-order valence-corrected chi connectivity index (χ2v) is 5.83. The predicted octanol–water partition coefficient (Wildman–Crippen LogP) is 1.94. The molecule has 3 rings (SSSR count). The van der Waals surface area contributed by atoms with Crippen molar-refractivity contribution < 1.29 is 0 Å². The number of nitrogen functional groups attached to an aromatic ring is 1. The Kier molecular flexibility index (Phi) is 3.27. The van der Waals surface area contributed by atoms with Gasteiger partial charge in [0, 0.05) is 37.4 Å². The predicted molar refractivity (Wildman–Crippen MR) is 75.3 cm³/mol. The summed E-state index contributed by atoms with van der Waals surface area (Å²) in [6.07, 6.45) is 4.16. The highest BCUT2D eigenvalue weighted by atomic mass is 15.3. The zero-order valence-electron chi connectivity index (χ0n) is 11.2. The van der Waals surface area contributed by atoms with Crippen LogP contribution in [0, 0.1) is 0 Å². The van der Waals surface area contributed by atoms with Crippen LogP contribution in [0.5, 0.6) is 0 Å². The summed E-state index contributed by atoms with van der Waals surface area (Å²) in [5, 5.41) is 0. The van der Waals surface area contributed by atoms with E-state index in [-0.39, 0.29) is 0 Å². The van der Waals surface area contributed by atoms with Crippen molar-refractivity contribution in [1.29, 1.82) is 0 Å². The quantitative estimate of drug-likeness (QED) is 0.823. The van der Waals surface area contributed by atoms with Gasteiger partial charge in [-0.15, -0.1) is 0 Å². The van der Waals surface area contributed by atoms with Gasteiger partial charge in [-0.05, 0) is 44.0 Å². The van der Waals surface area contributed by atoms with E-state index in [0.29, 0.717) is 6.04 Å². The summed E-state index contributed by atoms with van der Waals surface area (Å²) in [5.74, 6) is 0. The van der Waals surface area contributed by atoms with Crippen LogP contribution < -0.4 is 5.73 Å². The molecule has 1 saturated heterocycles. The molecule has 2 N–H and O–H groups in total. The first kappa shape index (κ1) is 12.0. The molecule has 3 heteroatoms. The molecule has 0 radical (unpaired) electrons. The Balaban J connectivity index is 1.56. The van der Waals surface area contributed by atoms with E-state index in [2.05, 4.69) is 29.0 Å². The van der Waals surface area contributed by atoms with Gasteiger partial charge in [-0.2, -0.15) is 0 Å². The number of likely N-dealkylation sites (N-methyl/N-ethyl adjacent to an activating group) is 1. The molecular weight excluding hydrogens is 222 g/mol. The minimum absolute atomic E-state index is 0.715. The highest BCUT2D eigenvalue weighted by molar-refractivity contribution is 5.40. The van der Waals surface area contributed by atoms with Gasteiger partial charge in [-0.25, -0.2) is 0 Å². The largest absolute Gasteiger partial charge is 0.399 e. The van der Waals surface area contributed by atoms with Gasteiger partial charge in [0.2, 0.25) is 0 Å². The fourth-order valence-corrected chi connectivity index (χ4v) is 3.01. The Morgan fingerprint density at radius 1 is 1.33 bits per heavy atom. The molecule has 0 spiro atoms. The molecule has 3 nitrogen and oxygen atoms in total. The van der Waals surface area contributed by atoms with Crippen LogP contribution in [0.3, 0.4) is 0 Å². The second kappa shape index (κ2) is 4.90. The molecule has 1 atom stereocenters. The normalized spacial score (nSPS) is 24.9. The van der Waals surface area contributed by atoms with E-state index in [9.17, 15) is 0 Å². The molecule has 1 heterocycles. The van der Waals surface area contributed by atoms with Crippen LogP contribution in [0.4, 0.5) is 5.69 Å². The van der Waals surface area contributed by atoms with Crippen LogP contribution in [0.2, 0.25) is 0 Å². The Morgan fingerprint density at radius 2 is 2.17 bits per heavy atom. The summed E-state index contributed by atoms with van der Waals surface area (Å²) in [7, 11) is 2.24. The summed E-state index contributed by atoms with van der Waals surface area (Å²) in [6, 6.07) is 9.88. The summed E-state index contributed by atoms with van der Waals surface area (Å²) in [5.41, 5.74) is 8.02. The van der Waals surface area contributed by atoms with Crippen LogP contribution in [0.25, 0.3) is 0 Å². The molecule has 0 bridgehead atoms. The Morgan fingerprint density at radius 3 is 2.89 bits per heavy atom. The highest BCUT2D eigenvalue weighted by Gasteiger charge is 2.35. The van der Waals surface area contributed by atoms with E-state index in [1.165, 1.54) is 37.9 Å². The molecule has 1 aromatic rings. The molecule has 0 amide bonds. The smallest absolute Gasteiger partial charge is 0.0317 e. The van der Waals surface area contributed by atoms with Crippen molar-refractivity contribution in [2.45, 2.75) is 37.9 Å². The lowest BCUT2D eigenvalue weighted by atomic mass is 10.1. The van der Waals surface area contributed by atoms with Crippen molar-refractivity contribution in [1.82, 2.24) is 9.80 Å². The molecule has 2 aliphatic rings. The molecule has 1 unspecified atom stereocenters. The third-order valence-electron chi connectivity index (χ3n) is 4.26. The third-order valence-corrected chi connectivity index (χ3v) is 4.26. The summed E-state index contributed by atoms with van der Waals surface area (Å²) >= 11 is 0. The number of rotatable bonds is 4. The fourth-order valence-electron chi connectivity index (χ4n) is 3.01. The van der Waals surface area contributed by atoms with Crippen molar-refractivity contribution in [3.05, 3.63) is 29.8 Å². The van der Waals surface area contributed by atoms with Crippen LogP contribution in [0.15, 0.2) is 24.3 Å². The Hall–Kier alpha value is -1.06. The molecule has 2 fully saturated rings. The summed E-state index contributed by atoms with van der Waals surface area (Å²) in [6.45, 7) is 3.55. The van der Waals surface area contributed by atoms with Crippen molar-refractivity contribution in [2.24, 2.45) is 0 Å². The van der Waals surface area contributed by atoms with E-state index in [4.69, 9.17) is 5.73 Å². The van der Waals surface area contributed by atoms with E-state index >= 15 is 0 Å². The van der Waals surface area contributed by atoms with Gasteiger partial charge in [0.25, 0.3) is 0 Å². The summed E-state index contributed by atoms with van der Waals surface area (Å²) in [4.78, 5) is 5.15. The topological polar surface area (TPSA) is 32.5 Å². The lowest BCUT2D eigenvalue weighted by Crippen LogP contribution is -2.34. The summed E-state index contributed by atoms with van der Waals surface area (Å²) < 4.78 is 0. The van der Waals surface area contributed by atoms with Crippen LogP contribution in [-0.2, 0) is 6.54 Å². The molecule has 1 aromatic carbocycles. The maximum atomic E-state index is 5.83. The number of benzene rings is 1. The molecule has 98 valence electrons. The van der Waals surface area contributed by atoms with Gasteiger partial charge in [-0.1, -0.05) is 12.1 Å². The van der Waals surface area contributed by atoms with E-state index in [1.807, 2.05) is 12.1 Å². The Labute approximate surface area is 110 Å². The second-order valence-electron chi connectivity index (χ2n) is 5.83. The van der Waals surface area contributed by atoms with E-state index in [0.717, 1.165) is 18.3 Å². The van der Waals surface area contributed by atoms with Gasteiger partial charge in [0.15, 0.2) is 0 Å². The SMILES string of the molecule is CN(Cc1cccc(N)c1)C1CCN(C2CC2)C1. The number of nitrogens with zero attached hydrogens (tertiary/aromatic N) is 2. The first-order chi connectivity index (χ1) is 8.72. The molecule has 1 saturated carbocycles. The number of nitrogens with two attached hydrogens (primary N) is 1. The van der Waals surface area contributed by atoms with Gasteiger partial charge in [0.1, 0.15) is 0 Å². The van der Waals surface area contributed by atoms with Crippen molar-refractivity contribution in [3.8, 4) is 0 Å². The maximum absolute atomic E-state index is 5.83. The zero-order valence-corrected chi connectivity index (χ0v) is 11.2. The lowest BCUT2D eigenvalue weighted by molar-refractivity contribution is 0.222. The van der Waals surface area contributed by atoms with Crippen LogP contribution in [0.1, 0.15) is 24.8 Å². The average Bonchev–Trinajstić information content (AvgIpc) is 3.07. The first-order valence-electron chi connectivity index (χ1n) is 7.01. The van der Waals surface area contributed by atoms with Gasteiger partial charge < -0.3 is 5.73 Å². The lowest BCUT2D eigenvalue weighted by Gasteiger charge is -2.25. The fraction of sp³-hybridized carbons (Fsp3) is 0.600. The first-order valence-corrected chi connectivity index (χ1v) is 7.01. The third kappa shape index (κ3) is 2.68. The van der Waals surface area contributed by atoms with Crippen molar-refractivity contribution in [2.75, 3.05) is 25.9 Å². The van der Waals surface area contributed by atoms with Crippen LogP contribution >= 0.6 is 0 Å². The van der Waals surface area contributed by atoms with Crippen molar-refractivity contribution >= 4 is 5.69 Å².